The number of aryl methyl sites for hydroxylation is 2. The third kappa shape index (κ3) is 3.95. The Labute approximate surface area is 203 Å². The highest BCUT2D eigenvalue weighted by molar-refractivity contribution is 5.79. The number of nitrogens with zero attached hydrogens (tertiary/aromatic N) is 5. The summed E-state index contributed by atoms with van der Waals surface area (Å²) in [5.41, 5.74) is 5.57. The first-order valence-corrected chi connectivity index (χ1v) is 12.5. The van der Waals surface area contributed by atoms with Crippen molar-refractivity contribution in [1.82, 2.24) is 24.9 Å². The van der Waals surface area contributed by atoms with Gasteiger partial charge in [0.2, 0.25) is 0 Å². The molecular formula is C26H30F2N6O. The Balaban J connectivity index is 1.44. The lowest BCUT2D eigenvalue weighted by molar-refractivity contribution is -0.120. The Morgan fingerprint density at radius 2 is 1.97 bits per heavy atom. The molecule has 1 saturated carbocycles. The fraction of sp³-hybridized carbons (Fsp3) is 0.500. The molecule has 0 spiro atoms. The number of Topliss-reactive ketones (excluding diaryl/α,β-unsaturated/α-hetero) is 1. The van der Waals surface area contributed by atoms with E-state index >= 15 is 0 Å². The van der Waals surface area contributed by atoms with Gasteiger partial charge in [0.1, 0.15) is 5.78 Å². The lowest BCUT2D eigenvalue weighted by Gasteiger charge is -2.32. The second-order valence-electron chi connectivity index (χ2n) is 9.92. The SMILES string of the molecule is Cn1cc(-c2cc3c(cc2C(F)F)N(c2nn(C4CCC(=O)CC4)c4c2CNCC4)CCC3)cn1. The summed E-state index contributed by atoms with van der Waals surface area (Å²) < 4.78 is 32.3. The third-order valence-corrected chi connectivity index (χ3v) is 7.67. The lowest BCUT2D eigenvalue weighted by Crippen LogP contribution is -2.29. The van der Waals surface area contributed by atoms with Gasteiger partial charge in [-0.25, -0.2) is 8.78 Å². The summed E-state index contributed by atoms with van der Waals surface area (Å²) in [6, 6.07) is 3.82. The number of halogens is 2. The molecule has 184 valence electrons. The van der Waals surface area contributed by atoms with Crippen molar-refractivity contribution in [3.8, 4) is 11.1 Å². The number of nitrogens with one attached hydrogen (secondary N) is 1. The molecule has 35 heavy (non-hydrogen) atoms. The molecule has 0 bridgehead atoms. The first-order valence-electron chi connectivity index (χ1n) is 12.5. The van der Waals surface area contributed by atoms with E-state index in [1.54, 1.807) is 30.2 Å². The highest BCUT2D eigenvalue weighted by atomic mass is 19.3. The molecule has 1 aliphatic carbocycles. The number of aromatic nitrogens is 4. The van der Waals surface area contributed by atoms with Crippen LogP contribution in [0.25, 0.3) is 11.1 Å². The maximum Gasteiger partial charge on any atom is 0.264 e. The van der Waals surface area contributed by atoms with Gasteiger partial charge in [-0.05, 0) is 48.9 Å². The molecule has 0 saturated heterocycles. The molecule has 1 N–H and O–H groups in total. The molecule has 0 radical (unpaired) electrons. The van der Waals surface area contributed by atoms with Crippen molar-refractivity contribution >= 4 is 17.3 Å². The molecule has 4 heterocycles. The zero-order chi connectivity index (χ0) is 24.1. The molecule has 6 rings (SSSR count). The van der Waals surface area contributed by atoms with Crippen LogP contribution < -0.4 is 10.2 Å². The topological polar surface area (TPSA) is 68.0 Å². The molecule has 2 aliphatic heterocycles. The van der Waals surface area contributed by atoms with Crippen molar-refractivity contribution in [2.45, 2.75) is 64.0 Å². The van der Waals surface area contributed by atoms with Gasteiger partial charge in [0.15, 0.2) is 5.82 Å². The van der Waals surface area contributed by atoms with Crippen molar-refractivity contribution in [3.05, 3.63) is 46.9 Å². The van der Waals surface area contributed by atoms with Crippen LogP contribution in [0.4, 0.5) is 20.3 Å². The van der Waals surface area contributed by atoms with Crippen LogP contribution in [-0.2, 0) is 31.2 Å². The molecule has 0 atom stereocenters. The molecule has 3 aliphatic rings. The minimum Gasteiger partial charge on any atom is -0.324 e. The highest BCUT2D eigenvalue weighted by Crippen LogP contribution is 2.43. The number of carbonyl (C=O) groups is 1. The molecule has 9 heteroatoms. The van der Waals surface area contributed by atoms with E-state index in [0.29, 0.717) is 29.8 Å². The van der Waals surface area contributed by atoms with Crippen molar-refractivity contribution in [3.63, 3.8) is 0 Å². The summed E-state index contributed by atoms with van der Waals surface area (Å²) in [4.78, 5) is 14.0. The molecule has 1 aromatic carbocycles. The minimum absolute atomic E-state index is 0.0286. The average molecular weight is 481 g/mol. The molecule has 3 aromatic rings. The van der Waals surface area contributed by atoms with Crippen LogP contribution in [0.15, 0.2) is 24.5 Å². The van der Waals surface area contributed by atoms with Gasteiger partial charge in [-0.3, -0.25) is 14.2 Å². The first kappa shape index (κ1) is 22.4. The summed E-state index contributed by atoms with van der Waals surface area (Å²) in [5.74, 6) is 1.21. The summed E-state index contributed by atoms with van der Waals surface area (Å²) in [6.45, 7) is 2.36. The molecule has 1 fully saturated rings. The second-order valence-corrected chi connectivity index (χ2v) is 9.92. The Kier molecular flexibility index (Phi) is 5.67. The van der Waals surface area contributed by atoms with Crippen LogP contribution in [0.5, 0.6) is 0 Å². The van der Waals surface area contributed by atoms with E-state index in [1.165, 1.54) is 5.69 Å². The molecule has 7 nitrogen and oxygen atoms in total. The van der Waals surface area contributed by atoms with Gasteiger partial charge in [0, 0.05) is 80.2 Å². The molecule has 2 aromatic heterocycles. The predicted molar refractivity (Wildman–Crippen MR) is 129 cm³/mol. The normalized spacial score (nSPS) is 18.7. The quantitative estimate of drug-likeness (QED) is 0.590. The lowest BCUT2D eigenvalue weighted by atomic mass is 9.92. The van der Waals surface area contributed by atoms with Crippen molar-refractivity contribution < 1.29 is 13.6 Å². The van der Waals surface area contributed by atoms with E-state index < -0.39 is 6.43 Å². The Morgan fingerprint density at radius 1 is 1.14 bits per heavy atom. The Hall–Kier alpha value is -3.07. The number of rotatable bonds is 4. The number of carbonyl (C=O) groups excluding carboxylic acids is 1. The van der Waals surface area contributed by atoms with Gasteiger partial charge in [-0.15, -0.1) is 0 Å². The van der Waals surface area contributed by atoms with Crippen LogP contribution in [0.3, 0.4) is 0 Å². The van der Waals surface area contributed by atoms with E-state index in [-0.39, 0.29) is 11.6 Å². The number of hydrogen-bond donors (Lipinski definition) is 1. The number of alkyl halides is 2. The number of anilines is 2. The number of hydrogen-bond acceptors (Lipinski definition) is 5. The largest absolute Gasteiger partial charge is 0.324 e. The second kappa shape index (κ2) is 8.86. The summed E-state index contributed by atoms with van der Waals surface area (Å²) >= 11 is 0. The zero-order valence-electron chi connectivity index (χ0n) is 19.9. The minimum atomic E-state index is -2.59. The van der Waals surface area contributed by atoms with E-state index in [2.05, 4.69) is 20.0 Å². The van der Waals surface area contributed by atoms with Gasteiger partial charge < -0.3 is 10.2 Å². The number of ketones is 1. The van der Waals surface area contributed by atoms with E-state index in [1.807, 2.05) is 6.07 Å². The fourth-order valence-electron chi connectivity index (χ4n) is 5.90. The maximum absolute atomic E-state index is 14.3. The number of fused-ring (bicyclic) bond motifs is 2. The van der Waals surface area contributed by atoms with Gasteiger partial charge in [0.25, 0.3) is 6.43 Å². The fourth-order valence-corrected chi connectivity index (χ4v) is 5.90. The van der Waals surface area contributed by atoms with Crippen LogP contribution in [-0.4, -0.2) is 38.4 Å². The first-order chi connectivity index (χ1) is 17.0. The van der Waals surface area contributed by atoms with Gasteiger partial charge in [-0.2, -0.15) is 10.2 Å². The third-order valence-electron chi connectivity index (χ3n) is 7.67. The van der Waals surface area contributed by atoms with E-state index in [9.17, 15) is 13.6 Å². The standard InChI is InChI=1S/C26H30F2N6O/c1-32-15-17(13-30-32)20-11-16-3-2-10-33(24(16)12-21(20)25(27)28)26-22-14-29-9-8-23(22)34(31-26)18-4-6-19(35)7-5-18/h11-13,15,18,25,29H,2-10,14H2,1H3. The Morgan fingerprint density at radius 3 is 2.71 bits per heavy atom. The smallest absolute Gasteiger partial charge is 0.264 e. The van der Waals surface area contributed by atoms with Gasteiger partial charge >= 0.3 is 0 Å². The molecular weight excluding hydrogens is 450 g/mol. The highest BCUT2D eigenvalue weighted by Gasteiger charge is 2.32. The zero-order valence-corrected chi connectivity index (χ0v) is 19.9. The van der Waals surface area contributed by atoms with Crippen molar-refractivity contribution in [1.29, 1.82) is 0 Å². The predicted octanol–water partition coefficient (Wildman–Crippen LogP) is 4.64. The molecule has 0 amide bonds. The van der Waals surface area contributed by atoms with Crippen molar-refractivity contribution in [2.75, 3.05) is 18.0 Å². The maximum atomic E-state index is 14.3. The molecule has 0 unspecified atom stereocenters. The van der Waals surface area contributed by atoms with Crippen LogP contribution >= 0.6 is 0 Å². The Bertz CT molecular complexity index is 1270. The van der Waals surface area contributed by atoms with Crippen LogP contribution in [0.1, 0.15) is 67.0 Å². The van der Waals surface area contributed by atoms with Crippen molar-refractivity contribution in [2.24, 2.45) is 7.05 Å². The summed E-state index contributed by atoms with van der Waals surface area (Å²) in [5, 5.41) is 12.8. The summed E-state index contributed by atoms with van der Waals surface area (Å²) in [6.07, 6.45) is 6.35. The van der Waals surface area contributed by atoms with Crippen LogP contribution in [0.2, 0.25) is 0 Å². The van der Waals surface area contributed by atoms with Crippen LogP contribution in [0, 0.1) is 0 Å². The summed E-state index contributed by atoms with van der Waals surface area (Å²) in [7, 11) is 1.79. The van der Waals surface area contributed by atoms with Gasteiger partial charge in [0.05, 0.1) is 12.2 Å². The van der Waals surface area contributed by atoms with Gasteiger partial charge in [-0.1, -0.05) is 0 Å². The average Bonchev–Trinajstić information content (AvgIpc) is 3.47. The van der Waals surface area contributed by atoms with E-state index in [0.717, 1.165) is 74.4 Å². The monoisotopic (exact) mass is 480 g/mol. The van der Waals surface area contributed by atoms with E-state index in [4.69, 9.17) is 5.10 Å². The number of benzene rings is 1.